The van der Waals surface area contributed by atoms with Crippen LogP contribution in [0.3, 0.4) is 0 Å². The second-order valence-corrected chi connectivity index (χ2v) is 8.91. The topological polar surface area (TPSA) is 103 Å². The summed E-state index contributed by atoms with van der Waals surface area (Å²) in [7, 11) is -4.75. The number of nitrogens with zero attached hydrogens (tertiary/aromatic N) is 3. The highest BCUT2D eigenvalue weighted by atomic mass is 35.5. The molecule has 0 saturated carbocycles. The fraction of sp³-hybridized carbons (Fsp3) is 0.167. The highest BCUT2D eigenvalue weighted by molar-refractivity contribution is 7.90. The summed E-state index contributed by atoms with van der Waals surface area (Å²) in [6, 6.07) is 7.04. The lowest BCUT2D eigenvalue weighted by molar-refractivity contribution is -0.275. The summed E-state index contributed by atoms with van der Waals surface area (Å²) >= 11 is 12.2. The average molecular weight is 509 g/mol. The molecular formula is C18H13Cl2F3N4O4S. The largest absolute Gasteiger partial charge is 0.573 e. The molecule has 1 heterocycles. The molecule has 32 heavy (non-hydrogen) atoms. The fourth-order valence-electron chi connectivity index (χ4n) is 2.82. The molecule has 1 aromatic heterocycles. The maximum atomic E-state index is 12.6. The van der Waals surface area contributed by atoms with Gasteiger partial charge in [-0.25, -0.2) is 17.8 Å². The molecule has 0 bridgehead atoms. The van der Waals surface area contributed by atoms with Gasteiger partial charge in [0.15, 0.2) is 5.69 Å². The number of rotatable bonds is 5. The van der Waals surface area contributed by atoms with Crippen molar-refractivity contribution in [3.05, 3.63) is 63.4 Å². The Hall–Kier alpha value is -2.83. The van der Waals surface area contributed by atoms with Crippen molar-refractivity contribution in [2.24, 2.45) is 0 Å². The summed E-state index contributed by atoms with van der Waals surface area (Å²) in [4.78, 5) is 11.7. The highest BCUT2D eigenvalue weighted by Crippen LogP contribution is 2.30. The van der Waals surface area contributed by atoms with E-state index in [0.29, 0.717) is 16.3 Å². The van der Waals surface area contributed by atoms with Crippen LogP contribution in [0.25, 0.3) is 5.69 Å². The number of carbonyl (C=O) groups excluding carboxylic acids is 1. The summed E-state index contributed by atoms with van der Waals surface area (Å²) in [5.74, 6) is -2.21. The van der Waals surface area contributed by atoms with Gasteiger partial charge < -0.3 is 4.74 Å². The first-order valence-electron chi connectivity index (χ1n) is 8.60. The first kappa shape index (κ1) is 23.8. The van der Waals surface area contributed by atoms with Crippen LogP contribution in [0.5, 0.6) is 5.75 Å². The van der Waals surface area contributed by atoms with Crippen LogP contribution in [0, 0.1) is 13.8 Å². The number of nitrogens with one attached hydrogen (secondary N) is 1. The number of para-hydroxylation sites is 1. The molecule has 0 saturated heterocycles. The van der Waals surface area contributed by atoms with Crippen molar-refractivity contribution in [1.82, 2.24) is 19.7 Å². The molecular weight excluding hydrogens is 496 g/mol. The number of alkyl halides is 3. The van der Waals surface area contributed by atoms with E-state index in [4.69, 9.17) is 23.2 Å². The fourth-order valence-corrected chi connectivity index (χ4v) is 4.58. The number of amides is 1. The molecule has 14 heteroatoms. The van der Waals surface area contributed by atoms with Gasteiger partial charge in [-0.2, -0.15) is 0 Å². The summed E-state index contributed by atoms with van der Waals surface area (Å²) in [5, 5.41) is 8.11. The van der Waals surface area contributed by atoms with Crippen LogP contribution >= 0.6 is 23.2 Å². The number of benzene rings is 2. The van der Waals surface area contributed by atoms with Crippen LogP contribution < -0.4 is 9.46 Å². The summed E-state index contributed by atoms with van der Waals surface area (Å²) in [5.41, 5.74) is 0.721. The van der Waals surface area contributed by atoms with E-state index in [0.717, 1.165) is 18.2 Å². The lowest BCUT2D eigenvalue weighted by Gasteiger charge is -2.13. The molecule has 0 aliphatic carbocycles. The molecule has 1 amide bonds. The van der Waals surface area contributed by atoms with Crippen molar-refractivity contribution < 1.29 is 31.1 Å². The minimum atomic E-state index is -5.13. The van der Waals surface area contributed by atoms with Gasteiger partial charge >= 0.3 is 6.36 Å². The second-order valence-electron chi connectivity index (χ2n) is 6.42. The van der Waals surface area contributed by atoms with Gasteiger partial charge in [0, 0.05) is 5.02 Å². The Morgan fingerprint density at radius 1 is 1.16 bits per heavy atom. The SMILES string of the molecule is Cc1cc(Cl)cc(Cl)c1-n1nnc(C(=O)NS(=O)(=O)c2ccccc2OC(F)(F)F)c1C. The van der Waals surface area contributed by atoms with Crippen LogP contribution in [-0.4, -0.2) is 35.7 Å². The van der Waals surface area contributed by atoms with Gasteiger partial charge in [-0.1, -0.05) is 40.5 Å². The van der Waals surface area contributed by atoms with Gasteiger partial charge in [0.05, 0.1) is 16.4 Å². The van der Waals surface area contributed by atoms with Crippen LogP contribution in [0.1, 0.15) is 21.7 Å². The predicted molar refractivity (Wildman–Crippen MR) is 109 cm³/mol. The van der Waals surface area contributed by atoms with Crippen molar-refractivity contribution in [2.45, 2.75) is 25.1 Å². The number of ether oxygens (including phenoxy) is 1. The third-order valence-corrected chi connectivity index (χ3v) is 6.01. The number of sulfonamides is 1. The first-order chi connectivity index (χ1) is 14.8. The van der Waals surface area contributed by atoms with Crippen LogP contribution in [0.2, 0.25) is 10.0 Å². The molecule has 0 unspecified atom stereocenters. The van der Waals surface area contributed by atoms with Crippen LogP contribution in [-0.2, 0) is 10.0 Å². The smallest absolute Gasteiger partial charge is 0.404 e. The maximum absolute atomic E-state index is 12.6. The minimum Gasteiger partial charge on any atom is -0.404 e. The zero-order valence-electron chi connectivity index (χ0n) is 16.2. The summed E-state index contributed by atoms with van der Waals surface area (Å²) in [6.45, 7) is 3.13. The van der Waals surface area contributed by atoms with E-state index in [1.165, 1.54) is 23.7 Å². The molecule has 3 rings (SSSR count). The molecule has 8 nitrogen and oxygen atoms in total. The van der Waals surface area contributed by atoms with Gasteiger partial charge in [0.2, 0.25) is 0 Å². The Labute approximate surface area is 189 Å². The van der Waals surface area contributed by atoms with Crippen molar-refractivity contribution in [1.29, 1.82) is 0 Å². The van der Waals surface area contributed by atoms with Gasteiger partial charge in [-0.15, -0.1) is 18.3 Å². The Morgan fingerprint density at radius 3 is 2.44 bits per heavy atom. The van der Waals surface area contributed by atoms with Gasteiger partial charge in [-0.05, 0) is 43.7 Å². The molecule has 1 N–H and O–H groups in total. The lowest BCUT2D eigenvalue weighted by atomic mass is 10.2. The summed E-state index contributed by atoms with van der Waals surface area (Å²) in [6.07, 6.45) is -5.13. The monoisotopic (exact) mass is 508 g/mol. The number of hydrogen-bond donors (Lipinski definition) is 1. The molecule has 0 aliphatic rings. The number of hydrogen-bond acceptors (Lipinski definition) is 6. The zero-order valence-corrected chi connectivity index (χ0v) is 18.6. The number of carbonyl (C=O) groups is 1. The second kappa shape index (κ2) is 8.60. The molecule has 0 spiro atoms. The van der Waals surface area contributed by atoms with Gasteiger partial charge in [0.25, 0.3) is 15.9 Å². The Morgan fingerprint density at radius 2 is 1.81 bits per heavy atom. The Balaban J connectivity index is 1.95. The van der Waals surface area contributed by atoms with Crippen molar-refractivity contribution >= 4 is 39.1 Å². The molecule has 0 aliphatic heterocycles. The zero-order chi connectivity index (χ0) is 23.8. The number of halogens is 5. The normalized spacial score (nSPS) is 12.0. The van der Waals surface area contributed by atoms with Gasteiger partial charge in [-0.3, -0.25) is 4.79 Å². The average Bonchev–Trinajstić information content (AvgIpc) is 3.01. The highest BCUT2D eigenvalue weighted by Gasteiger charge is 2.34. The van der Waals surface area contributed by atoms with E-state index in [2.05, 4.69) is 15.0 Å². The first-order valence-corrected chi connectivity index (χ1v) is 10.8. The predicted octanol–water partition coefficient (Wildman–Crippen LogP) is 4.21. The van der Waals surface area contributed by atoms with E-state index in [9.17, 15) is 26.4 Å². The molecule has 0 radical (unpaired) electrons. The molecule has 0 atom stereocenters. The quantitative estimate of drug-likeness (QED) is 0.553. The molecule has 170 valence electrons. The van der Waals surface area contributed by atoms with E-state index >= 15 is 0 Å². The van der Waals surface area contributed by atoms with Gasteiger partial charge in [0.1, 0.15) is 10.6 Å². The Kier molecular flexibility index (Phi) is 6.40. The molecule has 2 aromatic carbocycles. The lowest BCUT2D eigenvalue weighted by Crippen LogP contribution is -2.32. The molecule has 0 fully saturated rings. The number of aromatic nitrogens is 3. The standard InChI is InChI=1S/C18H13Cl2F3N4O4S/c1-9-7-11(19)8-12(20)16(9)27-10(2)15(24-26-27)17(28)25-32(29,30)14-6-4-3-5-13(14)31-18(21,22)23/h3-8H,1-2H3,(H,25,28). The van der Waals surface area contributed by atoms with E-state index < -0.39 is 32.9 Å². The van der Waals surface area contributed by atoms with E-state index in [-0.39, 0.29) is 16.4 Å². The summed E-state index contributed by atoms with van der Waals surface area (Å²) < 4.78 is 69.6. The van der Waals surface area contributed by atoms with Crippen LogP contribution in [0.15, 0.2) is 41.3 Å². The minimum absolute atomic E-state index is 0.129. The third kappa shape index (κ3) is 4.97. The molecule has 3 aromatic rings. The van der Waals surface area contributed by atoms with E-state index in [1.807, 2.05) is 0 Å². The number of aryl methyl sites for hydroxylation is 1. The van der Waals surface area contributed by atoms with Crippen LogP contribution in [0.4, 0.5) is 13.2 Å². The van der Waals surface area contributed by atoms with Crippen molar-refractivity contribution in [2.75, 3.05) is 0 Å². The van der Waals surface area contributed by atoms with Crippen molar-refractivity contribution in [3.8, 4) is 11.4 Å². The third-order valence-electron chi connectivity index (χ3n) is 4.13. The Bertz CT molecular complexity index is 1290. The maximum Gasteiger partial charge on any atom is 0.573 e. The van der Waals surface area contributed by atoms with E-state index in [1.54, 1.807) is 17.7 Å². The van der Waals surface area contributed by atoms with Crippen molar-refractivity contribution in [3.63, 3.8) is 0 Å².